The molecule has 0 aliphatic heterocycles. The van der Waals surface area contributed by atoms with E-state index in [0.717, 1.165) is 11.1 Å². The fourth-order valence-corrected chi connectivity index (χ4v) is 2.32. The minimum atomic E-state index is -0.621. The van der Waals surface area contributed by atoms with Crippen LogP contribution in [-0.4, -0.2) is 32.4 Å². The smallest absolute Gasteiger partial charge is 0.413 e. The molecule has 25 heavy (non-hydrogen) atoms. The van der Waals surface area contributed by atoms with Crippen molar-refractivity contribution in [2.75, 3.05) is 10.6 Å². The Kier molecular flexibility index (Phi) is 5.10. The van der Waals surface area contributed by atoms with Crippen molar-refractivity contribution < 1.29 is 14.3 Å². The van der Waals surface area contributed by atoms with E-state index in [1.807, 2.05) is 13.1 Å². The predicted molar refractivity (Wildman–Crippen MR) is 95.3 cm³/mol. The largest absolute Gasteiger partial charge is 0.444 e. The van der Waals surface area contributed by atoms with Gasteiger partial charge in [-0.2, -0.15) is 5.10 Å². The second kappa shape index (κ2) is 6.92. The summed E-state index contributed by atoms with van der Waals surface area (Å²) in [7, 11) is 1.80. The van der Waals surface area contributed by atoms with Gasteiger partial charge >= 0.3 is 6.09 Å². The molecule has 2 aromatic rings. The Morgan fingerprint density at radius 1 is 1.20 bits per heavy atom. The quantitative estimate of drug-likeness (QED) is 0.891. The molecule has 0 bridgehead atoms. The molecule has 0 fully saturated rings. The van der Waals surface area contributed by atoms with E-state index in [0.29, 0.717) is 17.1 Å². The molecular weight excluding hydrogens is 322 g/mol. The first-order valence-electron chi connectivity index (χ1n) is 7.83. The number of nitrogens with one attached hydrogen (secondary N) is 2. The van der Waals surface area contributed by atoms with Crippen molar-refractivity contribution in [1.82, 2.24) is 14.8 Å². The fraction of sp³-hybridized carbons (Fsp3) is 0.412. The molecule has 0 aliphatic rings. The molecule has 2 N–H and O–H groups in total. The zero-order valence-electron chi connectivity index (χ0n) is 15.3. The highest BCUT2D eigenvalue weighted by molar-refractivity contribution is 5.95. The number of aromatic nitrogens is 3. The third-order valence-electron chi connectivity index (χ3n) is 3.26. The highest BCUT2D eigenvalue weighted by Gasteiger charge is 2.21. The van der Waals surface area contributed by atoms with Gasteiger partial charge in [-0.1, -0.05) is 0 Å². The van der Waals surface area contributed by atoms with E-state index < -0.39 is 11.7 Å². The number of amides is 2. The third-order valence-corrected chi connectivity index (χ3v) is 3.26. The van der Waals surface area contributed by atoms with Crippen LogP contribution in [0.3, 0.4) is 0 Å². The molecule has 0 unspecified atom stereocenters. The van der Waals surface area contributed by atoms with Gasteiger partial charge in [-0.15, -0.1) is 0 Å². The molecule has 0 aliphatic carbocycles. The number of ether oxygens (including phenoxy) is 1. The van der Waals surface area contributed by atoms with Gasteiger partial charge in [-0.05, 0) is 33.3 Å². The van der Waals surface area contributed by atoms with Crippen molar-refractivity contribution in [2.24, 2.45) is 7.05 Å². The molecule has 8 heteroatoms. The van der Waals surface area contributed by atoms with E-state index in [9.17, 15) is 9.59 Å². The average molecular weight is 345 g/mol. The van der Waals surface area contributed by atoms with Crippen LogP contribution in [0.5, 0.6) is 0 Å². The molecular formula is C17H23N5O3. The van der Waals surface area contributed by atoms with E-state index >= 15 is 0 Å². The van der Waals surface area contributed by atoms with Gasteiger partial charge < -0.3 is 10.1 Å². The lowest BCUT2D eigenvalue weighted by Crippen LogP contribution is -2.27. The summed E-state index contributed by atoms with van der Waals surface area (Å²) >= 11 is 0. The topological polar surface area (TPSA) is 98.1 Å². The van der Waals surface area contributed by atoms with Crippen LogP contribution in [0.4, 0.5) is 16.3 Å². The molecule has 134 valence electrons. The summed E-state index contributed by atoms with van der Waals surface area (Å²) in [5.41, 5.74) is 2.16. The van der Waals surface area contributed by atoms with Crippen LogP contribution in [0, 0.1) is 6.92 Å². The lowest BCUT2D eigenvalue weighted by molar-refractivity contribution is -0.114. The minimum Gasteiger partial charge on any atom is -0.444 e. The minimum absolute atomic E-state index is 0.199. The SMILES string of the molecule is CC(=O)Nc1cnc(NC(=O)OC(C)(C)C)c(-c2cnn(C)c2)c1C. The normalized spacial score (nSPS) is 11.1. The van der Waals surface area contributed by atoms with Gasteiger partial charge in [0.25, 0.3) is 0 Å². The van der Waals surface area contributed by atoms with Crippen LogP contribution < -0.4 is 10.6 Å². The number of aryl methyl sites for hydroxylation is 1. The molecule has 2 amide bonds. The summed E-state index contributed by atoms with van der Waals surface area (Å²) in [5.74, 6) is 0.142. The average Bonchev–Trinajstić information content (AvgIpc) is 2.85. The van der Waals surface area contributed by atoms with E-state index in [4.69, 9.17) is 4.74 Å². The van der Waals surface area contributed by atoms with E-state index in [2.05, 4.69) is 20.7 Å². The van der Waals surface area contributed by atoms with Gasteiger partial charge in [-0.25, -0.2) is 9.78 Å². The number of rotatable bonds is 3. The van der Waals surface area contributed by atoms with Crippen LogP contribution >= 0.6 is 0 Å². The van der Waals surface area contributed by atoms with Crippen molar-refractivity contribution in [3.8, 4) is 11.1 Å². The van der Waals surface area contributed by atoms with Crippen molar-refractivity contribution in [2.45, 2.75) is 40.2 Å². The summed E-state index contributed by atoms with van der Waals surface area (Å²) < 4.78 is 6.94. The number of hydrogen-bond acceptors (Lipinski definition) is 5. The summed E-state index contributed by atoms with van der Waals surface area (Å²) in [6.07, 6.45) is 4.38. The van der Waals surface area contributed by atoms with Gasteiger partial charge in [0.05, 0.1) is 18.1 Å². The zero-order valence-corrected chi connectivity index (χ0v) is 15.3. The van der Waals surface area contributed by atoms with Crippen LogP contribution in [0.25, 0.3) is 11.1 Å². The molecule has 0 radical (unpaired) electrons. The van der Waals surface area contributed by atoms with Gasteiger partial charge in [0.15, 0.2) is 0 Å². The molecule has 2 rings (SSSR count). The van der Waals surface area contributed by atoms with E-state index in [1.54, 1.807) is 38.7 Å². The maximum absolute atomic E-state index is 12.1. The zero-order chi connectivity index (χ0) is 18.8. The standard InChI is InChI=1S/C17H23N5O3/c1-10-13(20-11(2)23)8-18-15(21-16(24)25-17(3,4)5)14(10)12-7-19-22(6)9-12/h7-9H,1-6H3,(H,20,23)(H,18,21,24). The summed E-state index contributed by atoms with van der Waals surface area (Å²) in [4.78, 5) is 27.8. The van der Waals surface area contributed by atoms with Crippen molar-refractivity contribution in [1.29, 1.82) is 0 Å². The molecule has 0 spiro atoms. The van der Waals surface area contributed by atoms with Crippen LogP contribution in [0.15, 0.2) is 18.6 Å². The molecule has 0 saturated carbocycles. The van der Waals surface area contributed by atoms with E-state index in [-0.39, 0.29) is 5.91 Å². The third kappa shape index (κ3) is 4.79. The molecule has 8 nitrogen and oxygen atoms in total. The van der Waals surface area contributed by atoms with Gasteiger partial charge in [0, 0.05) is 31.3 Å². The second-order valence-electron chi connectivity index (χ2n) is 6.73. The van der Waals surface area contributed by atoms with Crippen molar-refractivity contribution in [3.05, 3.63) is 24.2 Å². The number of nitrogens with zero attached hydrogens (tertiary/aromatic N) is 3. The van der Waals surface area contributed by atoms with E-state index in [1.165, 1.54) is 13.1 Å². The monoisotopic (exact) mass is 345 g/mol. The van der Waals surface area contributed by atoms with Crippen LogP contribution in [0.1, 0.15) is 33.3 Å². The number of carbonyl (C=O) groups is 2. The highest BCUT2D eigenvalue weighted by atomic mass is 16.6. The molecule has 2 aromatic heterocycles. The van der Waals surface area contributed by atoms with Gasteiger partial charge in [0.1, 0.15) is 11.4 Å². The first-order valence-corrected chi connectivity index (χ1v) is 7.83. The Hall–Kier alpha value is -2.90. The Balaban J connectivity index is 2.46. The fourth-order valence-electron chi connectivity index (χ4n) is 2.32. The molecule has 0 saturated heterocycles. The lowest BCUT2D eigenvalue weighted by Gasteiger charge is -2.21. The molecule has 2 heterocycles. The first kappa shape index (κ1) is 18.4. The molecule has 0 aromatic carbocycles. The summed E-state index contributed by atoms with van der Waals surface area (Å²) in [6.45, 7) is 8.62. The lowest BCUT2D eigenvalue weighted by atomic mass is 10.0. The maximum atomic E-state index is 12.1. The maximum Gasteiger partial charge on any atom is 0.413 e. The first-order chi connectivity index (χ1) is 11.6. The number of hydrogen-bond donors (Lipinski definition) is 2. The van der Waals surface area contributed by atoms with Crippen LogP contribution in [-0.2, 0) is 16.6 Å². The Labute approximate surface area is 146 Å². The van der Waals surface area contributed by atoms with Crippen molar-refractivity contribution >= 4 is 23.5 Å². The second-order valence-corrected chi connectivity index (χ2v) is 6.73. The van der Waals surface area contributed by atoms with Gasteiger partial charge in [0.2, 0.25) is 5.91 Å². The summed E-state index contributed by atoms with van der Waals surface area (Å²) in [6, 6.07) is 0. The highest BCUT2D eigenvalue weighted by Crippen LogP contribution is 2.34. The molecule has 0 atom stereocenters. The predicted octanol–water partition coefficient (Wildman–Crippen LogP) is 3.10. The Morgan fingerprint density at radius 2 is 1.88 bits per heavy atom. The van der Waals surface area contributed by atoms with Crippen molar-refractivity contribution in [3.63, 3.8) is 0 Å². The Morgan fingerprint density at radius 3 is 2.40 bits per heavy atom. The Bertz CT molecular complexity index is 805. The van der Waals surface area contributed by atoms with Gasteiger partial charge in [-0.3, -0.25) is 14.8 Å². The summed E-state index contributed by atoms with van der Waals surface area (Å²) in [5, 5.41) is 9.57. The number of carbonyl (C=O) groups excluding carboxylic acids is 2. The number of pyridine rings is 1. The van der Waals surface area contributed by atoms with Crippen LogP contribution in [0.2, 0.25) is 0 Å². The number of anilines is 2.